The Labute approximate surface area is 173 Å². The van der Waals surface area contributed by atoms with Crippen molar-refractivity contribution in [1.82, 2.24) is 4.98 Å². The first-order chi connectivity index (χ1) is 14.6. The van der Waals surface area contributed by atoms with Gasteiger partial charge in [-0.1, -0.05) is 6.07 Å². The van der Waals surface area contributed by atoms with E-state index in [0.717, 1.165) is 0 Å². The van der Waals surface area contributed by atoms with E-state index in [4.69, 9.17) is 14.1 Å². The zero-order valence-corrected chi connectivity index (χ0v) is 16.4. The van der Waals surface area contributed by atoms with Crippen LogP contribution in [0.1, 0.15) is 24.1 Å². The molecule has 1 aliphatic heterocycles. The molecule has 1 amide bonds. The number of furan rings is 1. The lowest BCUT2D eigenvalue weighted by atomic mass is 9.95. The second-order valence-electron chi connectivity index (χ2n) is 7.08. The highest BCUT2D eigenvalue weighted by molar-refractivity contribution is 5.94. The maximum atomic E-state index is 12.9. The van der Waals surface area contributed by atoms with Crippen LogP contribution in [0.15, 0.2) is 51.5 Å². The van der Waals surface area contributed by atoms with E-state index in [0.29, 0.717) is 48.8 Å². The van der Waals surface area contributed by atoms with Crippen LogP contribution >= 0.6 is 0 Å². The summed E-state index contributed by atoms with van der Waals surface area (Å²) in [7, 11) is 1.73. The first-order valence-corrected chi connectivity index (χ1v) is 9.58. The molecule has 4 rings (SSSR count). The Bertz CT molecular complexity index is 1130. The molecule has 0 N–H and O–H groups in total. The number of benzene rings is 1. The number of carbonyl (C=O) groups is 1. The van der Waals surface area contributed by atoms with Crippen molar-refractivity contribution in [1.29, 1.82) is 10.5 Å². The Morgan fingerprint density at radius 1 is 1.20 bits per heavy atom. The van der Waals surface area contributed by atoms with Gasteiger partial charge in [0, 0.05) is 31.7 Å². The fourth-order valence-corrected chi connectivity index (χ4v) is 3.62. The molecule has 8 heteroatoms. The summed E-state index contributed by atoms with van der Waals surface area (Å²) in [5, 5.41) is 18.5. The molecular weight excluding hydrogens is 382 g/mol. The number of aromatic nitrogens is 1. The molecule has 1 aromatic carbocycles. The van der Waals surface area contributed by atoms with Gasteiger partial charge in [0.15, 0.2) is 5.76 Å². The molecule has 1 saturated heterocycles. The van der Waals surface area contributed by atoms with Crippen LogP contribution in [0.4, 0.5) is 11.6 Å². The molecule has 1 aliphatic rings. The number of hydrogen-bond acceptors (Lipinski definition) is 7. The van der Waals surface area contributed by atoms with Crippen molar-refractivity contribution < 1.29 is 13.6 Å². The molecule has 3 aromatic rings. The van der Waals surface area contributed by atoms with Gasteiger partial charge in [-0.3, -0.25) is 4.79 Å². The first kappa shape index (κ1) is 19.3. The molecule has 1 fully saturated rings. The van der Waals surface area contributed by atoms with Gasteiger partial charge in [-0.15, -0.1) is 0 Å². The smallest absolute Gasteiger partial charge is 0.266 e. The Morgan fingerprint density at radius 3 is 2.67 bits per heavy atom. The van der Waals surface area contributed by atoms with Gasteiger partial charge in [0.1, 0.15) is 6.07 Å². The van der Waals surface area contributed by atoms with E-state index in [2.05, 4.69) is 17.1 Å². The number of rotatable bonds is 4. The quantitative estimate of drug-likeness (QED) is 0.657. The second-order valence-corrected chi connectivity index (χ2v) is 7.08. The highest BCUT2D eigenvalue weighted by Crippen LogP contribution is 2.32. The SMILES string of the molecule is CN(C(=O)C1CCN(c2oc(-c3ccco3)nc2C#N)CC1)c1cccc(C#N)c1. The maximum Gasteiger partial charge on any atom is 0.266 e. The van der Waals surface area contributed by atoms with Crippen LogP contribution in [0.25, 0.3) is 11.7 Å². The number of anilines is 2. The van der Waals surface area contributed by atoms with Crippen molar-refractivity contribution >= 4 is 17.5 Å². The minimum absolute atomic E-state index is 0.0130. The molecule has 0 spiro atoms. The van der Waals surface area contributed by atoms with Gasteiger partial charge in [-0.2, -0.15) is 15.5 Å². The fourth-order valence-electron chi connectivity index (χ4n) is 3.62. The molecule has 0 atom stereocenters. The van der Waals surface area contributed by atoms with Gasteiger partial charge < -0.3 is 18.6 Å². The molecular formula is C22H19N5O3. The summed E-state index contributed by atoms with van der Waals surface area (Å²) < 4.78 is 11.1. The van der Waals surface area contributed by atoms with E-state index in [1.807, 2.05) is 11.0 Å². The average molecular weight is 401 g/mol. The third kappa shape index (κ3) is 3.63. The summed E-state index contributed by atoms with van der Waals surface area (Å²) in [6.07, 6.45) is 2.77. The molecule has 8 nitrogen and oxygen atoms in total. The predicted octanol–water partition coefficient (Wildman–Crippen LogP) is 3.56. The summed E-state index contributed by atoms with van der Waals surface area (Å²) in [6.45, 7) is 1.15. The third-order valence-corrected chi connectivity index (χ3v) is 5.27. The molecule has 0 radical (unpaired) electrons. The van der Waals surface area contributed by atoms with Crippen LogP contribution in [0.2, 0.25) is 0 Å². The van der Waals surface area contributed by atoms with Crippen molar-refractivity contribution in [3.63, 3.8) is 0 Å². The zero-order valence-electron chi connectivity index (χ0n) is 16.4. The molecule has 0 saturated carbocycles. The van der Waals surface area contributed by atoms with Crippen LogP contribution in [-0.4, -0.2) is 31.0 Å². The van der Waals surface area contributed by atoms with E-state index >= 15 is 0 Å². The van der Waals surface area contributed by atoms with Crippen molar-refractivity contribution in [2.24, 2.45) is 5.92 Å². The summed E-state index contributed by atoms with van der Waals surface area (Å²) in [6, 6.07) is 14.6. The molecule has 150 valence electrons. The molecule has 2 aromatic heterocycles. The fraction of sp³-hybridized carbons (Fsp3) is 0.273. The number of carbonyl (C=O) groups excluding carboxylic acids is 1. The van der Waals surface area contributed by atoms with Crippen LogP contribution in [-0.2, 0) is 4.79 Å². The van der Waals surface area contributed by atoms with Crippen LogP contribution in [0, 0.1) is 28.6 Å². The predicted molar refractivity (Wildman–Crippen MR) is 108 cm³/mol. The van der Waals surface area contributed by atoms with Crippen molar-refractivity contribution in [3.05, 3.63) is 53.9 Å². The highest BCUT2D eigenvalue weighted by Gasteiger charge is 2.31. The van der Waals surface area contributed by atoms with Gasteiger partial charge in [0.25, 0.3) is 5.89 Å². The molecule has 0 unspecified atom stereocenters. The molecule has 0 bridgehead atoms. The standard InChI is InChI=1S/C22H19N5O3/c1-26(17-5-2-4-15(12-17)13-23)21(28)16-7-9-27(10-8-16)22-18(14-24)25-20(30-22)19-6-3-11-29-19/h2-6,11-12,16H,7-10H2,1H3. The highest BCUT2D eigenvalue weighted by atomic mass is 16.4. The van der Waals surface area contributed by atoms with Crippen LogP contribution in [0.3, 0.4) is 0 Å². The van der Waals surface area contributed by atoms with E-state index in [1.54, 1.807) is 42.3 Å². The lowest BCUT2D eigenvalue weighted by Gasteiger charge is -2.33. The largest absolute Gasteiger partial charge is 0.459 e. The topological polar surface area (TPSA) is 110 Å². The number of oxazole rings is 1. The van der Waals surface area contributed by atoms with Gasteiger partial charge in [-0.05, 0) is 43.2 Å². The zero-order chi connectivity index (χ0) is 21.1. The van der Waals surface area contributed by atoms with Crippen LogP contribution in [0.5, 0.6) is 0 Å². The minimum Gasteiger partial charge on any atom is -0.459 e. The van der Waals surface area contributed by atoms with Crippen molar-refractivity contribution in [2.45, 2.75) is 12.8 Å². The maximum absolute atomic E-state index is 12.9. The Morgan fingerprint density at radius 2 is 2.00 bits per heavy atom. The number of hydrogen-bond donors (Lipinski definition) is 0. The average Bonchev–Trinajstić information content (AvgIpc) is 3.48. The Kier molecular flexibility index (Phi) is 5.23. The molecule has 0 aliphatic carbocycles. The second kappa shape index (κ2) is 8.14. The van der Waals surface area contributed by atoms with E-state index in [-0.39, 0.29) is 23.4 Å². The summed E-state index contributed by atoms with van der Waals surface area (Å²) in [4.78, 5) is 20.7. The summed E-state index contributed by atoms with van der Waals surface area (Å²) in [5.74, 6) is 1.00. The van der Waals surface area contributed by atoms with Crippen molar-refractivity contribution in [3.8, 4) is 23.8 Å². The van der Waals surface area contributed by atoms with Gasteiger partial charge in [0.2, 0.25) is 17.5 Å². The Hall–Kier alpha value is -4.04. The van der Waals surface area contributed by atoms with Gasteiger partial charge >= 0.3 is 0 Å². The number of piperidine rings is 1. The van der Waals surface area contributed by atoms with Gasteiger partial charge in [-0.25, -0.2) is 0 Å². The van der Waals surface area contributed by atoms with E-state index in [1.165, 1.54) is 6.26 Å². The van der Waals surface area contributed by atoms with E-state index in [9.17, 15) is 10.1 Å². The number of nitrogens with zero attached hydrogens (tertiary/aromatic N) is 5. The Balaban J connectivity index is 1.44. The minimum atomic E-state index is -0.144. The van der Waals surface area contributed by atoms with Crippen molar-refractivity contribution in [2.75, 3.05) is 29.9 Å². The molecule has 3 heterocycles. The number of nitriles is 2. The van der Waals surface area contributed by atoms with Crippen LogP contribution < -0.4 is 9.80 Å². The lowest BCUT2D eigenvalue weighted by molar-refractivity contribution is -0.122. The van der Waals surface area contributed by atoms with Gasteiger partial charge in [0.05, 0.1) is 17.9 Å². The lowest BCUT2D eigenvalue weighted by Crippen LogP contribution is -2.41. The summed E-state index contributed by atoms with van der Waals surface area (Å²) in [5.41, 5.74) is 1.42. The van der Waals surface area contributed by atoms with E-state index < -0.39 is 0 Å². The summed E-state index contributed by atoms with van der Waals surface area (Å²) >= 11 is 0. The monoisotopic (exact) mass is 401 g/mol. The number of amides is 1. The first-order valence-electron chi connectivity index (χ1n) is 9.58. The third-order valence-electron chi connectivity index (χ3n) is 5.27. The molecule has 30 heavy (non-hydrogen) atoms. The normalized spacial score (nSPS) is 14.2.